The van der Waals surface area contributed by atoms with Gasteiger partial charge in [-0.3, -0.25) is 20.1 Å². The van der Waals surface area contributed by atoms with Gasteiger partial charge >= 0.3 is 5.97 Å². The SMILES string of the molecule is O=C(CCc1cccc(CN[C@H](C(=O)O)c2ccccc2)c1)NO. The summed E-state index contributed by atoms with van der Waals surface area (Å²) >= 11 is 0. The molecule has 0 saturated heterocycles. The highest BCUT2D eigenvalue weighted by Gasteiger charge is 2.18. The summed E-state index contributed by atoms with van der Waals surface area (Å²) in [5.41, 5.74) is 4.18. The van der Waals surface area contributed by atoms with Gasteiger partial charge in [0.2, 0.25) is 5.91 Å². The van der Waals surface area contributed by atoms with Gasteiger partial charge in [0.25, 0.3) is 0 Å². The van der Waals surface area contributed by atoms with Gasteiger partial charge in [0, 0.05) is 13.0 Å². The molecule has 0 saturated carbocycles. The van der Waals surface area contributed by atoms with E-state index < -0.39 is 17.9 Å². The zero-order valence-electron chi connectivity index (χ0n) is 13.1. The number of carbonyl (C=O) groups excluding carboxylic acids is 1. The van der Waals surface area contributed by atoms with E-state index in [1.807, 2.05) is 30.3 Å². The topological polar surface area (TPSA) is 98.7 Å². The molecule has 24 heavy (non-hydrogen) atoms. The van der Waals surface area contributed by atoms with Crippen LogP contribution in [0.15, 0.2) is 54.6 Å². The van der Waals surface area contributed by atoms with Crippen molar-refractivity contribution < 1.29 is 19.9 Å². The number of nitrogens with one attached hydrogen (secondary N) is 2. The van der Waals surface area contributed by atoms with Gasteiger partial charge in [0.1, 0.15) is 6.04 Å². The van der Waals surface area contributed by atoms with Crippen LogP contribution in [-0.2, 0) is 22.6 Å². The highest BCUT2D eigenvalue weighted by atomic mass is 16.5. The lowest BCUT2D eigenvalue weighted by Crippen LogP contribution is -2.28. The number of aryl methyl sites for hydroxylation is 1. The molecule has 0 spiro atoms. The minimum absolute atomic E-state index is 0.190. The average molecular weight is 328 g/mol. The lowest BCUT2D eigenvalue weighted by atomic mass is 10.0. The largest absolute Gasteiger partial charge is 0.480 e. The van der Waals surface area contributed by atoms with Gasteiger partial charge in [0.15, 0.2) is 0 Å². The third-order valence-electron chi connectivity index (χ3n) is 3.65. The van der Waals surface area contributed by atoms with Crippen LogP contribution in [-0.4, -0.2) is 22.2 Å². The van der Waals surface area contributed by atoms with Crippen LogP contribution in [0.5, 0.6) is 0 Å². The molecular weight excluding hydrogens is 308 g/mol. The second kappa shape index (κ2) is 8.81. The van der Waals surface area contributed by atoms with E-state index in [9.17, 15) is 14.7 Å². The van der Waals surface area contributed by atoms with E-state index in [2.05, 4.69) is 5.32 Å². The summed E-state index contributed by atoms with van der Waals surface area (Å²) in [5, 5.41) is 20.9. The summed E-state index contributed by atoms with van der Waals surface area (Å²) in [6.45, 7) is 0.395. The number of carbonyl (C=O) groups is 2. The number of amides is 1. The number of hydroxylamine groups is 1. The number of carboxylic acids is 1. The molecule has 2 aromatic rings. The van der Waals surface area contributed by atoms with Gasteiger partial charge in [-0.15, -0.1) is 0 Å². The molecule has 1 amide bonds. The fraction of sp³-hybridized carbons (Fsp3) is 0.222. The van der Waals surface area contributed by atoms with E-state index in [0.29, 0.717) is 18.5 Å². The van der Waals surface area contributed by atoms with Crippen molar-refractivity contribution in [1.82, 2.24) is 10.8 Å². The Bertz CT molecular complexity index is 688. The Labute approximate surface area is 140 Å². The van der Waals surface area contributed by atoms with Crippen molar-refractivity contribution in [3.8, 4) is 0 Å². The summed E-state index contributed by atoms with van der Waals surface area (Å²) in [6, 6.07) is 15.8. The molecule has 0 fully saturated rings. The molecule has 126 valence electrons. The molecule has 4 N–H and O–H groups in total. The van der Waals surface area contributed by atoms with Crippen LogP contribution in [0.2, 0.25) is 0 Å². The van der Waals surface area contributed by atoms with E-state index in [0.717, 1.165) is 11.1 Å². The van der Waals surface area contributed by atoms with Crippen LogP contribution in [0.4, 0.5) is 0 Å². The monoisotopic (exact) mass is 328 g/mol. The van der Waals surface area contributed by atoms with E-state index in [1.165, 1.54) is 0 Å². The molecule has 0 bridgehead atoms. The zero-order valence-corrected chi connectivity index (χ0v) is 13.1. The summed E-state index contributed by atoms with van der Waals surface area (Å²) in [5.74, 6) is -1.37. The van der Waals surface area contributed by atoms with Gasteiger partial charge in [-0.05, 0) is 23.1 Å². The minimum Gasteiger partial charge on any atom is -0.480 e. The minimum atomic E-state index is -0.933. The number of hydrogen-bond donors (Lipinski definition) is 4. The Hall–Kier alpha value is -2.70. The van der Waals surface area contributed by atoms with Gasteiger partial charge in [-0.25, -0.2) is 5.48 Å². The van der Waals surface area contributed by atoms with E-state index in [4.69, 9.17) is 5.21 Å². The average Bonchev–Trinajstić information content (AvgIpc) is 2.61. The number of hydrogen-bond acceptors (Lipinski definition) is 4. The maximum atomic E-state index is 11.5. The number of carboxylic acid groups (broad SMARTS) is 1. The molecule has 2 aromatic carbocycles. The third kappa shape index (κ3) is 5.19. The maximum absolute atomic E-state index is 11.5. The van der Waals surface area contributed by atoms with Gasteiger partial charge in [-0.2, -0.15) is 0 Å². The quantitative estimate of drug-likeness (QED) is 0.439. The normalized spacial score (nSPS) is 11.7. The Morgan fingerprint density at radius 1 is 1.00 bits per heavy atom. The van der Waals surface area contributed by atoms with Gasteiger partial charge in [-0.1, -0.05) is 54.6 Å². The molecule has 0 unspecified atom stereocenters. The fourth-order valence-corrected chi connectivity index (χ4v) is 2.42. The van der Waals surface area contributed by atoms with Crippen molar-refractivity contribution in [3.05, 3.63) is 71.3 Å². The van der Waals surface area contributed by atoms with Crippen molar-refractivity contribution in [2.75, 3.05) is 0 Å². The van der Waals surface area contributed by atoms with Crippen molar-refractivity contribution >= 4 is 11.9 Å². The van der Waals surface area contributed by atoms with Crippen LogP contribution in [0.25, 0.3) is 0 Å². The first-order chi connectivity index (χ1) is 11.6. The standard InChI is InChI=1S/C18H20N2O4/c21-16(20-24)10-9-13-5-4-6-14(11-13)12-19-17(18(22)23)15-7-2-1-3-8-15/h1-8,11,17,19,24H,9-10,12H2,(H,20,21)(H,22,23)/t17-/m0/s1. The zero-order chi connectivity index (χ0) is 17.4. The molecule has 2 rings (SSSR count). The Morgan fingerprint density at radius 2 is 1.71 bits per heavy atom. The Balaban J connectivity index is 2.00. The highest BCUT2D eigenvalue weighted by Crippen LogP contribution is 2.14. The number of rotatable bonds is 8. The molecule has 6 heteroatoms. The molecule has 0 radical (unpaired) electrons. The van der Waals surface area contributed by atoms with Crippen LogP contribution < -0.4 is 10.8 Å². The van der Waals surface area contributed by atoms with Crippen LogP contribution >= 0.6 is 0 Å². The van der Waals surface area contributed by atoms with E-state index in [1.54, 1.807) is 29.7 Å². The molecule has 0 aliphatic rings. The molecule has 0 aliphatic carbocycles. The van der Waals surface area contributed by atoms with Crippen molar-refractivity contribution in [3.63, 3.8) is 0 Å². The highest BCUT2D eigenvalue weighted by molar-refractivity contribution is 5.75. The second-order valence-corrected chi connectivity index (χ2v) is 5.42. The van der Waals surface area contributed by atoms with Gasteiger partial charge in [0.05, 0.1) is 0 Å². The molecular formula is C18H20N2O4. The first kappa shape index (κ1) is 17.7. The van der Waals surface area contributed by atoms with Gasteiger partial charge < -0.3 is 5.11 Å². The van der Waals surface area contributed by atoms with Crippen LogP contribution in [0, 0.1) is 0 Å². The molecule has 0 aliphatic heterocycles. The summed E-state index contributed by atoms with van der Waals surface area (Å²) < 4.78 is 0. The Morgan fingerprint density at radius 3 is 2.38 bits per heavy atom. The molecule has 1 atom stereocenters. The van der Waals surface area contributed by atoms with Crippen molar-refractivity contribution in [1.29, 1.82) is 0 Å². The predicted molar refractivity (Wildman–Crippen MR) is 88.4 cm³/mol. The lowest BCUT2D eigenvalue weighted by Gasteiger charge is -2.15. The molecule has 0 aromatic heterocycles. The smallest absolute Gasteiger partial charge is 0.325 e. The van der Waals surface area contributed by atoms with Crippen LogP contribution in [0.1, 0.15) is 29.2 Å². The Kier molecular flexibility index (Phi) is 6.48. The van der Waals surface area contributed by atoms with E-state index in [-0.39, 0.29) is 6.42 Å². The summed E-state index contributed by atoms with van der Waals surface area (Å²) in [7, 11) is 0. The second-order valence-electron chi connectivity index (χ2n) is 5.42. The lowest BCUT2D eigenvalue weighted by molar-refractivity contribution is -0.139. The first-order valence-corrected chi connectivity index (χ1v) is 7.62. The summed E-state index contributed by atoms with van der Waals surface area (Å²) in [4.78, 5) is 22.5. The molecule has 0 heterocycles. The van der Waals surface area contributed by atoms with Crippen molar-refractivity contribution in [2.24, 2.45) is 0 Å². The molecule has 6 nitrogen and oxygen atoms in total. The maximum Gasteiger partial charge on any atom is 0.325 e. The van der Waals surface area contributed by atoms with Crippen LogP contribution in [0.3, 0.4) is 0 Å². The van der Waals surface area contributed by atoms with E-state index >= 15 is 0 Å². The fourth-order valence-electron chi connectivity index (χ4n) is 2.42. The first-order valence-electron chi connectivity index (χ1n) is 7.62. The van der Waals surface area contributed by atoms with Crippen molar-refractivity contribution in [2.45, 2.75) is 25.4 Å². The number of benzene rings is 2. The summed E-state index contributed by atoms with van der Waals surface area (Å²) in [6.07, 6.45) is 0.691. The third-order valence-corrected chi connectivity index (χ3v) is 3.65. The number of aliphatic carboxylic acids is 1. The predicted octanol–water partition coefficient (Wildman–Crippen LogP) is 2.04.